The third-order valence-corrected chi connectivity index (χ3v) is 6.34. The zero-order chi connectivity index (χ0) is 19.2. The Balaban J connectivity index is 1.98. The van der Waals surface area contributed by atoms with Crippen LogP contribution in [0.5, 0.6) is 0 Å². The summed E-state index contributed by atoms with van der Waals surface area (Å²) in [6.45, 7) is 0. The molecule has 5 nitrogen and oxygen atoms in total. The molecule has 0 bridgehead atoms. The van der Waals surface area contributed by atoms with Crippen LogP contribution in [0.1, 0.15) is 0 Å². The van der Waals surface area contributed by atoms with Crippen LogP contribution in [0.25, 0.3) is 21.7 Å². The van der Waals surface area contributed by atoms with Gasteiger partial charge in [-0.2, -0.15) is 0 Å². The van der Waals surface area contributed by atoms with Crippen molar-refractivity contribution in [3.63, 3.8) is 0 Å². The molecule has 0 aliphatic carbocycles. The number of para-hydroxylation sites is 1. The molecule has 0 saturated carbocycles. The number of pyridine rings is 1. The molecular weight excluding hydrogens is 358 g/mol. The molecule has 0 amide bonds. The second kappa shape index (κ2) is 6.25. The fraction of sp³-hybridized carbons (Fsp3) is 0.0952. The summed E-state index contributed by atoms with van der Waals surface area (Å²) < 4.78 is 26.7. The van der Waals surface area contributed by atoms with Gasteiger partial charge in [-0.15, -0.1) is 0 Å². The van der Waals surface area contributed by atoms with Crippen LogP contribution >= 0.6 is 0 Å². The first-order chi connectivity index (χ1) is 12.9. The van der Waals surface area contributed by atoms with Crippen molar-refractivity contribution in [3.05, 3.63) is 66.7 Å². The normalized spacial score (nSPS) is 11.8. The molecule has 2 N–H and O–H groups in total. The van der Waals surface area contributed by atoms with Crippen LogP contribution in [0.15, 0.2) is 76.7 Å². The van der Waals surface area contributed by atoms with Crippen molar-refractivity contribution in [2.24, 2.45) is 0 Å². The molecule has 1 aromatic heterocycles. The molecule has 0 fully saturated rings. The Kier molecular flexibility index (Phi) is 4.00. The van der Waals surface area contributed by atoms with Crippen LogP contribution in [0, 0.1) is 0 Å². The van der Waals surface area contributed by atoms with Crippen molar-refractivity contribution in [3.8, 4) is 0 Å². The molecule has 136 valence electrons. The molecule has 0 spiro atoms. The summed E-state index contributed by atoms with van der Waals surface area (Å²) in [5.74, 6) is 0. The second-order valence-electron chi connectivity index (χ2n) is 6.59. The summed E-state index contributed by atoms with van der Waals surface area (Å²) >= 11 is 0. The molecule has 0 aliphatic rings. The molecule has 27 heavy (non-hydrogen) atoms. The van der Waals surface area contributed by atoms with E-state index >= 15 is 0 Å². The number of nitrogens with two attached hydrogens (primary N) is 1. The molecule has 6 heteroatoms. The minimum absolute atomic E-state index is 0.00402. The molecule has 0 radical (unpaired) electrons. The van der Waals surface area contributed by atoms with Crippen LogP contribution in [-0.2, 0) is 9.84 Å². The van der Waals surface area contributed by atoms with Gasteiger partial charge in [0.2, 0.25) is 9.84 Å². The van der Waals surface area contributed by atoms with E-state index in [0.717, 1.165) is 16.5 Å². The molecular formula is C21H19N3O2S. The summed E-state index contributed by atoms with van der Waals surface area (Å²) in [5.41, 5.74) is 7.90. The van der Waals surface area contributed by atoms with Crippen molar-refractivity contribution < 1.29 is 8.42 Å². The molecule has 0 aliphatic heterocycles. The first-order valence-corrected chi connectivity index (χ1v) is 9.97. The Morgan fingerprint density at radius 2 is 1.56 bits per heavy atom. The standard InChI is InChI=1S/C21H19N3O2S/c1-24(2)18-10-4-8-16-15(18)7-5-11-19(16)27(25,26)20-13-12-14-6-3-9-17(22)21(14)23-20/h3-13H,22H2,1-2H3. The lowest BCUT2D eigenvalue weighted by atomic mass is 10.1. The highest BCUT2D eigenvalue weighted by molar-refractivity contribution is 7.91. The number of hydrogen-bond acceptors (Lipinski definition) is 5. The number of nitrogen functional groups attached to an aromatic ring is 1. The number of sulfone groups is 1. The summed E-state index contributed by atoms with van der Waals surface area (Å²) in [6.07, 6.45) is 0. The minimum Gasteiger partial charge on any atom is -0.397 e. The predicted molar refractivity (Wildman–Crippen MR) is 110 cm³/mol. The van der Waals surface area contributed by atoms with Gasteiger partial charge in [0.05, 0.1) is 16.1 Å². The summed E-state index contributed by atoms with van der Waals surface area (Å²) in [6, 6.07) is 19.6. The van der Waals surface area contributed by atoms with Gasteiger partial charge in [0.25, 0.3) is 0 Å². The molecule has 0 atom stereocenters. The lowest BCUT2D eigenvalue weighted by Gasteiger charge is -2.17. The maximum Gasteiger partial charge on any atom is 0.224 e. The highest BCUT2D eigenvalue weighted by Gasteiger charge is 2.23. The fourth-order valence-electron chi connectivity index (χ4n) is 3.30. The zero-order valence-corrected chi connectivity index (χ0v) is 15.9. The minimum atomic E-state index is -3.80. The number of anilines is 2. The van der Waals surface area contributed by atoms with Crippen LogP contribution in [0.2, 0.25) is 0 Å². The Bertz CT molecular complexity index is 1280. The second-order valence-corrected chi connectivity index (χ2v) is 8.46. The van der Waals surface area contributed by atoms with E-state index in [0.29, 0.717) is 16.6 Å². The lowest BCUT2D eigenvalue weighted by Crippen LogP contribution is -2.10. The van der Waals surface area contributed by atoms with Gasteiger partial charge in [0.1, 0.15) is 0 Å². The summed E-state index contributed by atoms with van der Waals surface area (Å²) in [4.78, 5) is 6.57. The zero-order valence-electron chi connectivity index (χ0n) is 15.0. The van der Waals surface area contributed by atoms with Crippen LogP contribution < -0.4 is 10.6 Å². The van der Waals surface area contributed by atoms with E-state index < -0.39 is 9.84 Å². The third-order valence-electron chi connectivity index (χ3n) is 4.63. The molecule has 0 saturated heterocycles. The monoisotopic (exact) mass is 377 g/mol. The number of nitrogens with zero attached hydrogens (tertiary/aromatic N) is 2. The SMILES string of the molecule is CN(C)c1cccc2c(S(=O)(=O)c3ccc4cccc(N)c4n3)cccc12. The molecule has 3 aromatic carbocycles. The number of aromatic nitrogens is 1. The predicted octanol–water partition coefficient (Wildman–Crippen LogP) is 3.87. The number of hydrogen-bond donors (Lipinski definition) is 1. The summed E-state index contributed by atoms with van der Waals surface area (Å²) in [7, 11) is 0.0668. The molecule has 0 unspecified atom stereocenters. The molecule has 4 aromatic rings. The Hall–Kier alpha value is -3.12. The van der Waals surface area contributed by atoms with Gasteiger partial charge in [0, 0.05) is 35.9 Å². The molecule has 4 rings (SSSR count). The quantitative estimate of drug-likeness (QED) is 0.549. The van der Waals surface area contributed by atoms with E-state index in [1.165, 1.54) is 6.07 Å². The topological polar surface area (TPSA) is 76.3 Å². The Labute approximate surface area is 158 Å². The smallest absolute Gasteiger partial charge is 0.224 e. The van der Waals surface area contributed by atoms with E-state index in [4.69, 9.17) is 5.73 Å². The third kappa shape index (κ3) is 2.78. The maximum atomic E-state index is 13.4. The average Bonchev–Trinajstić information content (AvgIpc) is 2.67. The van der Waals surface area contributed by atoms with Crippen molar-refractivity contribution in [1.82, 2.24) is 4.98 Å². The van der Waals surface area contributed by atoms with Crippen molar-refractivity contribution in [1.29, 1.82) is 0 Å². The van der Waals surface area contributed by atoms with Gasteiger partial charge in [0.15, 0.2) is 5.03 Å². The van der Waals surface area contributed by atoms with Gasteiger partial charge in [-0.25, -0.2) is 13.4 Å². The van der Waals surface area contributed by atoms with E-state index in [2.05, 4.69) is 4.98 Å². The number of benzene rings is 3. The van der Waals surface area contributed by atoms with Crippen molar-refractivity contribution in [2.45, 2.75) is 9.92 Å². The fourth-order valence-corrected chi connectivity index (χ4v) is 4.71. The summed E-state index contributed by atoms with van der Waals surface area (Å²) in [5, 5.41) is 2.35. The van der Waals surface area contributed by atoms with Crippen LogP contribution in [0.3, 0.4) is 0 Å². The van der Waals surface area contributed by atoms with Gasteiger partial charge in [-0.1, -0.05) is 36.4 Å². The first kappa shape index (κ1) is 17.3. The maximum absolute atomic E-state index is 13.4. The Morgan fingerprint density at radius 3 is 2.33 bits per heavy atom. The van der Waals surface area contributed by atoms with Gasteiger partial charge >= 0.3 is 0 Å². The average molecular weight is 377 g/mol. The Morgan fingerprint density at radius 1 is 0.852 bits per heavy atom. The highest BCUT2D eigenvalue weighted by atomic mass is 32.2. The van der Waals surface area contributed by atoms with Gasteiger partial charge < -0.3 is 10.6 Å². The number of rotatable bonds is 3. The molecule has 1 heterocycles. The van der Waals surface area contributed by atoms with E-state index in [1.807, 2.05) is 55.4 Å². The van der Waals surface area contributed by atoms with Gasteiger partial charge in [-0.05, 0) is 30.3 Å². The van der Waals surface area contributed by atoms with E-state index in [1.54, 1.807) is 24.3 Å². The van der Waals surface area contributed by atoms with Crippen molar-refractivity contribution >= 4 is 42.9 Å². The largest absolute Gasteiger partial charge is 0.397 e. The number of fused-ring (bicyclic) bond motifs is 2. The van der Waals surface area contributed by atoms with Crippen LogP contribution in [-0.4, -0.2) is 27.5 Å². The highest BCUT2D eigenvalue weighted by Crippen LogP contribution is 2.33. The van der Waals surface area contributed by atoms with E-state index in [9.17, 15) is 8.42 Å². The van der Waals surface area contributed by atoms with Crippen LogP contribution in [0.4, 0.5) is 11.4 Å². The lowest BCUT2D eigenvalue weighted by molar-refractivity contribution is 0.594. The first-order valence-electron chi connectivity index (χ1n) is 8.49. The van der Waals surface area contributed by atoms with Crippen molar-refractivity contribution in [2.75, 3.05) is 24.7 Å². The van der Waals surface area contributed by atoms with Gasteiger partial charge in [-0.3, -0.25) is 0 Å². The van der Waals surface area contributed by atoms with E-state index in [-0.39, 0.29) is 9.92 Å².